The number of fused-ring (bicyclic) bond motifs is 1. The molecular weight excluding hydrogens is 495 g/mol. The van der Waals surface area contributed by atoms with Gasteiger partial charge in [-0.3, -0.25) is 9.59 Å². The first kappa shape index (κ1) is 25.8. The minimum absolute atomic E-state index is 0.121. The number of ether oxygens (including phenoxy) is 2. The lowest BCUT2D eigenvalue weighted by atomic mass is 9.86. The zero-order chi connectivity index (χ0) is 27.1. The van der Waals surface area contributed by atoms with Crippen molar-refractivity contribution in [1.82, 2.24) is 4.90 Å². The van der Waals surface area contributed by atoms with Crippen LogP contribution in [0.25, 0.3) is 11.1 Å². The number of amides is 1. The lowest BCUT2D eigenvalue weighted by Crippen LogP contribution is -2.30. The molecule has 5 nitrogen and oxygen atoms in total. The summed E-state index contributed by atoms with van der Waals surface area (Å²) in [5.41, 5.74) is 0.924. The molecule has 38 heavy (non-hydrogen) atoms. The van der Waals surface area contributed by atoms with Gasteiger partial charge < -0.3 is 14.4 Å². The summed E-state index contributed by atoms with van der Waals surface area (Å²) < 4.78 is 52.2. The van der Waals surface area contributed by atoms with Crippen molar-refractivity contribution < 1.29 is 32.2 Å². The van der Waals surface area contributed by atoms with Gasteiger partial charge in [0.05, 0.1) is 11.0 Å². The topological polar surface area (TPSA) is 55.8 Å². The molecule has 0 aromatic heterocycles. The Hall–Kier alpha value is -3.81. The van der Waals surface area contributed by atoms with Crippen molar-refractivity contribution in [3.05, 3.63) is 82.9 Å². The van der Waals surface area contributed by atoms with E-state index in [2.05, 4.69) is 0 Å². The summed E-state index contributed by atoms with van der Waals surface area (Å²) in [6.45, 7) is 5.03. The van der Waals surface area contributed by atoms with Crippen LogP contribution in [-0.4, -0.2) is 36.5 Å². The third-order valence-corrected chi connectivity index (χ3v) is 7.41. The highest BCUT2D eigenvalue weighted by molar-refractivity contribution is 5.96. The number of Topliss-reactive ketones (excluding diaryl/α,β-unsaturated/α-hetero) is 1. The Morgan fingerprint density at radius 2 is 1.55 bits per heavy atom. The highest BCUT2D eigenvalue weighted by atomic mass is 19.4. The van der Waals surface area contributed by atoms with E-state index in [1.54, 1.807) is 47.4 Å². The fourth-order valence-electron chi connectivity index (χ4n) is 5.03. The zero-order valence-corrected chi connectivity index (χ0v) is 21.2. The molecule has 0 saturated heterocycles. The molecule has 3 aromatic rings. The molecule has 0 bridgehead atoms. The first-order chi connectivity index (χ1) is 18.1. The smallest absolute Gasteiger partial charge is 0.416 e. The summed E-state index contributed by atoms with van der Waals surface area (Å²) in [6, 6.07) is 15.7. The Balaban J connectivity index is 1.43. The van der Waals surface area contributed by atoms with Crippen LogP contribution in [0.4, 0.5) is 13.2 Å². The second-order valence-electron chi connectivity index (χ2n) is 9.72. The summed E-state index contributed by atoms with van der Waals surface area (Å²) >= 11 is 0. The van der Waals surface area contributed by atoms with Crippen LogP contribution in [-0.2, 0) is 22.8 Å². The Labute approximate surface area is 219 Å². The molecule has 0 spiro atoms. The maximum atomic E-state index is 13.8. The second-order valence-corrected chi connectivity index (χ2v) is 9.72. The van der Waals surface area contributed by atoms with Crippen molar-refractivity contribution in [3.8, 4) is 22.6 Å². The summed E-state index contributed by atoms with van der Waals surface area (Å²) in [4.78, 5) is 27.7. The molecule has 0 N–H and O–H groups in total. The number of halogens is 3. The number of benzene rings is 3. The maximum Gasteiger partial charge on any atom is 0.416 e. The predicted molar refractivity (Wildman–Crippen MR) is 136 cm³/mol. The summed E-state index contributed by atoms with van der Waals surface area (Å²) in [7, 11) is 0. The van der Waals surface area contributed by atoms with Gasteiger partial charge in [-0.25, -0.2) is 0 Å². The molecule has 1 aliphatic carbocycles. The first-order valence-electron chi connectivity index (χ1n) is 12.7. The molecule has 8 heteroatoms. The minimum Gasteiger partial charge on any atom is -0.454 e. The average Bonchev–Trinajstić information content (AvgIpc) is 3.59. The molecule has 2 aliphatic rings. The van der Waals surface area contributed by atoms with Gasteiger partial charge in [-0.1, -0.05) is 24.3 Å². The molecule has 1 heterocycles. The molecule has 0 unspecified atom stereocenters. The SMILES string of the molecule is CCN(CC)C(=O)c1ccc(-c2cc(CC(=O)C3(c4ccc5c(c4)OCO5)CC3)cc(C(F)(F)F)c2)cc1. The van der Waals surface area contributed by atoms with Gasteiger partial charge in [-0.15, -0.1) is 0 Å². The van der Waals surface area contributed by atoms with Crippen molar-refractivity contribution in [3.63, 3.8) is 0 Å². The minimum atomic E-state index is -4.57. The first-order valence-corrected chi connectivity index (χ1v) is 12.7. The van der Waals surface area contributed by atoms with Gasteiger partial charge in [0.1, 0.15) is 5.78 Å². The molecule has 1 aliphatic heterocycles. The average molecular weight is 524 g/mol. The van der Waals surface area contributed by atoms with Crippen LogP contribution in [0.5, 0.6) is 11.5 Å². The van der Waals surface area contributed by atoms with Gasteiger partial charge in [-0.2, -0.15) is 13.2 Å². The van der Waals surface area contributed by atoms with Crippen LogP contribution in [0.3, 0.4) is 0 Å². The largest absolute Gasteiger partial charge is 0.454 e. The van der Waals surface area contributed by atoms with Crippen LogP contribution < -0.4 is 9.47 Å². The quantitative estimate of drug-likeness (QED) is 0.342. The Bertz CT molecular complexity index is 1370. The number of hydrogen-bond donors (Lipinski definition) is 0. The monoisotopic (exact) mass is 523 g/mol. The van der Waals surface area contributed by atoms with Gasteiger partial charge in [0.15, 0.2) is 11.5 Å². The fourth-order valence-corrected chi connectivity index (χ4v) is 5.03. The van der Waals surface area contributed by atoms with Crippen molar-refractivity contribution >= 4 is 11.7 Å². The Morgan fingerprint density at radius 3 is 2.18 bits per heavy atom. The lowest BCUT2D eigenvalue weighted by molar-refractivity contribution is -0.137. The standard InChI is InChI=1S/C30H28F3NO4/c1-3-34(4-2)28(36)21-7-5-20(6-8-21)22-13-19(14-24(16-22)30(31,32)33)15-27(35)29(11-12-29)23-9-10-25-26(17-23)38-18-37-25/h5-10,13-14,16-17H,3-4,11-12,15,18H2,1-2H3. The highest BCUT2D eigenvalue weighted by Crippen LogP contribution is 2.51. The van der Waals surface area contributed by atoms with E-state index >= 15 is 0 Å². The predicted octanol–water partition coefficient (Wildman–Crippen LogP) is 6.43. The van der Waals surface area contributed by atoms with E-state index in [1.165, 1.54) is 0 Å². The van der Waals surface area contributed by atoms with Crippen molar-refractivity contribution in [2.75, 3.05) is 19.9 Å². The Morgan fingerprint density at radius 1 is 0.868 bits per heavy atom. The molecular formula is C30H28F3NO4. The summed E-state index contributed by atoms with van der Waals surface area (Å²) in [5, 5.41) is 0. The van der Waals surface area contributed by atoms with E-state index in [0.717, 1.165) is 17.7 Å². The number of hydrogen-bond acceptors (Lipinski definition) is 4. The van der Waals surface area contributed by atoms with E-state index in [9.17, 15) is 22.8 Å². The zero-order valence-electron chi connectivity index (χ0n) is 21.2. The van der Waals surface area contributed by atoms with Crippen molar-refractivity contribution in [1.29, 1.82) is 0 Å². The Kier molecular flexibility index (Phi) is 6.67. The molecule has 0 atom stereocenters. The number of rotatable bonds is 8. The van der Waals surface area contributed by atoms with Gasteiger partial charge in [0.2, 0.25) is 6.79 Å². The summed E-state index contributed by atoms with van der Waals surface area (Å²) in [6.07, 6.45) is -3.41. The van der Waals surface area contributed by atoms with Crippen LogP contribution in [0, 0.1) is 0 Å². The number of alkyl halides is 3. The van der Waals surface area contributed by atoms with Crippen molar-refractivity contribution in [2.45, 2.75) is 44.7 Å². The molecule has 0 radical (unpaired) electrons. The van der Waals surface area contributed by atoms with Crippen LogP contribution in [0.2, 0.25) is 0 Å². The van der Waals surface area contributed by atoms with E-state index in [1.807, 2.05) is 19.9 Å². The molecule has 1 saturated carbocycles. The third kappa shape index (κ3) is 4.87. The van der Waals surface area contributed by atoms with E-state index < -0.39 is 17.2 Å². The van der Waals surface area contributed by atoms with Crippen LogP contribution >= 0.6 is 0 Å². The van der Waals surface area contributed by atoms with E-state index in [4.69, 9.17) is 9.47 Å². The number of ketones is 1. The van der Waals surface area contributed by atoms with Crippen LogP contribution in [0.1, 0.15) is 53.7 Å². The lowest BCUT2D eigenvalue weighted by Gasteiger charge is -2.19. The van der Waals surface area contributed by atoms with Gasteiger partial charge >= 0.3 is 6.18 Å². The molecule has 1 amide bonds. The molecule has 198 valence electrons. The van der Waals surface area contributed by atoms with Crippen molar-refractivity contribution in [2.24, 2.45) is 0 Å². The van der Waals surface area contributed by atoms with Gasteiger partial charge in [-0.05, 0) is 85.3 Å². The molecule has 5 rings (SSSR count). The van der Waals surface area contributed by atoms with E-state index in [0.29, 0.717) is 59.7 Å². The third-order valence-electron chi connectivity index (χ3n) is 7.41. The number of carbonyl (C=O) groups is 2. The van der Waals surface area contributed by atoms with Crippen LogP contribution in [0.15, 0.2) is 60.7 Å². The molecule has 3 aromatic carbocycles. The summed E-state index contributed by atoms with van der Waals surface area (Å²) in [5.74, 6) is 0.937. The number of nitrogens with zero attached hydrogens (tertiary/aromatic N) is 1. The van der Waals surface area contributed by atoms with Gasteiger partial charge in [0, 0.05) is 25.1 Å². The van der Waals surface area contributed by atoms with E-state index in [-0.39, 0.29) is 24.9 Å². The fraction of sp³-hybridized carbons (Fsp3) is 0.333. The highest BCUT2D eigenvalue weighted by Gasteiger charge is 2.51. The number of carbonyl (C=O) groups excluding carboxylic acids is 2. The second kappa shape index (κ2) is 9.82. The molecule has 1 fully saturated rings. The normalized spacial score (nSPS) is 15.3. The maximum absolute atomic E-state index is 13.8. The van der Waals surface area contributed by atoms with Gasteiger partial charge in [0.25, 0.3) is 5.91 Å².